The van der Waals surface area contributed by atoms with E-state index in [9.17, 15) is 9.59 Å². The van der Waals surface area contributed by atoms with Crippen LogP contribution < -0.4 is 0 Å². The van der Waals surface area contributed by atoms with Gasteiger partial charge in [-0.25, -0.2) is 0 Å². The van der Waals surface area contributed by atoms with Crippen molar-refractivity contribution in [1.82, 2.24) is 14.7 Å². The summed E-state index contributed by atoms with van der Waals surface area (Å²) in [5, 5.41) is 0. The molecule has 0 aromatic heterocycles. The number of rotatable bonds is 3. The van der Waals surface area contributed by atoms with Crippen molar-refractivity contribution in [3.8, 4) is 0 Å². The number of benzene rings is 1. The molecule has 4 aliphatic heterocycles. The average molecular weight is 414 g/mol. The van der Waals surface area contributed by atoms with Gasteiger partial charge in [-0.1, -0.05) is 30.3 Å². The molecule has 4 atom stereocenters. The first kappa shape index (κ1) is 19.4. The van der Waals surface area contributed by atoms with Crippen LogP contribution in [0.3, 0.4) is 0 Å². The lowest BCUT2D eigenvalue weighted by Gasteiger charge is -2.56. The summed E-state index contributed by atoms with van der Waals surface area (Å²) in [5.74, 6) is 3.24. The quantitative estimate of drug-likeness (QED) is 0.764. The maximum atomic E-state index is 13.6. The molecule has 0 unspecified atom stereocenters. The van der Waals surface area contributed by atoms with Crippen molar-refractivity contribution in [2.24, 2.45) is 11.8 Å². The van der Waals surface area contributed by atoms with Gasteiger partial charge < -0.3 is 9.80 Å². The number of carbonyl (C=O) groups excluding carboxylic acids is 2. The molecular formula is C23H31N3O2S. The molecule has 6 heteroatoms. The average Bonchev–Trinajstić information content (AvgIpc) is 2.75. The molecule has 0 spiro atoms. The Morgan fingerprint density at radius 2 is 1.83 bits per heavy atom. The number of carbonyl (C=O) groups is 2. The van der Waals surface area contributed by atoms with Crippen molar-refractivity contribution in [3.63, 3.8) is 0 Å². The predicted molar refractivity (Wildman–Crippen MR) is 115 cm³/mol. The van der Waals surface area contributed by atoms with Gasteiger partial charge in [-0.2, -0.15) is 11.8 Å². The lowest BCUT2D eigenvalue weighted by Crippen LogP contribution is -2.68. The molecule has 4 saturated heterocycles. The third-order valence-corrected chi connectivity index (χ3v) is 8.18. The van der Waals surface area contributed by atoms with Gasteiger partial charge in [-0.3, -0.25) is 14.5 Å². The van der Waals surface area contributed by atoms with Gasteiger partial charge in [-0.15, -0.1) is 0 Å². The first-order chi connectivity index (χ1) is 14.2. The summed E-state index contributed by atoms with van der Waals surface area (Å²) in [7, 11) is 0. The van der Waals surface area contributed by atoms with Crippen molar-refractivity contribution in [2.75, 3.05) is 37.7 Å². The largest absolute Gasteiger partial charge is 0.339 e. The maximum absolute atomic E-state index is 13.6. The van der Waals surface area contributed by atoms with E-state index in [0.717, 1.165) is 63.5 Å². The van der Waals surface area contributed by atoms with E-state index in [-0.39, 0.29) is 29.8 Å². The summed E-state index contributed by atoms with van der Waals surface area (Å²) in [6.45, 7) is 4.56. The van der Waals surface area contributed by atoms with Crippen LogP contribution >= 0.6 is 11.8 Å². The van der Waals surface area contributed by atoms with E-state index >= 15 is 0 Å². The second kappa shape index (κ2) is 8.31. The van der Waals surface area contributed by atoms with Crippen LogP contribution in [0.5, 0.6) is 0 Å². The molecule has 156 valence electrons. The summed E-state index contributed by atoms with van der Waals surface area (Å²) < 4.78 is 0. The Morgan fingerprint density at radius 3 is 2.62 bits per heavy atom. The summed E-state index contributed by atoms with van der Waals surface area (Å²) in [4.78, 5) is 33.2. The van der Waals surface area contributed by atoms with E-state index in [0.29, 0.717) is 12.3 Å². The zero-order chi connectivity index (χ0) is 19.8. The monoisotopic (exact) mass is 413 g/mol. The van der Waals surface area contributed by atoms with Gasteiger partial charge in [0.05, 0.1) is 0 Å². The van der Waals surface area contributed by atoms with Gasteiger partial charge in [0.15, 0.2) is 0 Å². The fourth-order valence-corrected chi connectivity index (χ4v) is 6.92. The Kier molecular flexibility index (Phi) is 5.57. The van der Waals surface area contributed by atoms with Gasteiger partial charge in [0.2, 0.25) is 11.8 Å². The number of thioether (sulfide) groups is 1. The third-order valence-electron chi connectivity index (χ3n) is 7.24. The summed E-state index contributed by atoms with van der Waals surface area (Å²) in [6, 6.07) is 10.6. The van der Waals surface area contributed by atoms with Crippen LogP contribution in [0.15, 0.2) is 30.3 Å². The topological polar surface area (TPSA) is 43.9 Å². The molecule has 0 saturated carbocycles. The zero-order valence-electron chi connectivity index (χ0n) is 17.0. The van der Waals surface area contributed by atoms with E-state index < -0.39 is 0 Å². The van der Waals surface area contributed by atoms with Gasteiger partial charge in [0.1, 0.15) is 6.04 Å². The lowest BCUT2D eigenvalue weighted by atomic mass is 9.71. The maximum Gasteiger partial charge on any atom is 0.245 e. The summed E-state index contributed by atoms with van der Waals surface area (Å²) in [6.07, 6.45) is 3.74. The van der Waals surface area contributed by atoms with Gasteiger partial charge in [0, 0.05) is 62.6 Å². The molecule has 0 radical (unpaired) electrons. The fourth-order valence-electron chi connectivity index (χ4n) is 6.01. The minimum Gasteiger partial charge on any atom is -0.339 e. The van der Waals surface area contributed by atoms with Crippen LogP contribution in [0, 0.1) is 11.8 Å². The number of piperidine rings is 3. The van der Waals surface area contributed by atoms with Crippen molar-refractivity contribution in [1.29, 1.82) is 0 Å². The van der Waals surface area contributed by atoms with E-state index in [4.69, 9.17) is 0 Å². The Bertz CT molecular complexity index is 752. The van der Waals surface area contributed by atoms with Gasteiger partial charge in [0.25, 0.3) is 0 Å². The predicted octanol–water partition coefficient (Wildman–Crippen LogP) is 2.46. The van der Waals surface area contributed by atoms with E-state index in [1.807, 2.05) is 16.7 Å². The number of likely N-dealkylation sites (tertiary alicyclic amines) is 1. The molecule has 1 aromatic carbocycles. The molecule has 0 aliphatic carbocycles. The van der Waals surface area contributed by atoms with Crippen molar-refractivity contribution < 1.29 is 9.59 Å². The first-order valence-electron chi connectivity index (χ1n) is 11.1. The van der Waals surface area contributed by atoms with Crippen LogP contribution in [0.25, 0.3) is 0 Å². The zero-order valence-corrected chi connectivity index (χ0v) is 17.9. The molecule has 4 heterocycles. The molecule has 5 nitrogen and oxygen atoms in total. The number of fused-ring (bicyclic) bond motifs is 4. The Labute approximate surface area is 177 Å². The molecule has 5 rings (SSSR count). The third kappa shape index (κ3) is 3.81. The lowest BCUT2D eigenvalue weighted by molar-refractivity contribution is -0.165. The van der Waals surface area contributed by atoms with Crippen LogP contribution in [0.2, 0.25) is 0 Å². The molecule has 4 aliphatic rings. The number of nitrogens with zero attached hydrogens (tertiary/aromatic N) is 3. The molecule has 29 heavy (non-hydrogen) atoms. The highest BCUT2D eigenvalue weighted by Crippen LogP contribution is 2.42. The second-order valence-electron chi connectivity index (χ2n) is 9.08. The molecule has 2 bridgehead atoms. The smallest absolute Gasteiger partial charge is 0.245 e. The number of hydrogen-bond acceptors (Lipinski definition) is 4. The second-order valence-corrected chi connectivity index (χ2v) is 10.3. The molecule has 0 N–H and O–H groups in total. The minimum atomic E-state index is -0.245. The highest BCUT2D eigenvalue weighted by atomic mass is 32.2. The van der Waals surface area contributed by atoms with Crippen molar-refractivity contribution >= 4 is 23.6 Å². The van der Waals surface area contributed by atoms with Crippen molar-refractivity contribution in [3.05, 3.63) is 35.9 Å². The first-order valence-corrected chi connectivity index (χ1v) is 12.3. The van der Waals surface area contributed by atoms with Gasteiger partial charge >= 0.3 is 0 Å². The summed E-state index contributed by atoms with van der Waals surface area (Å²) >= 11 is 1.92. The highest BCUT2D eigenvalue weighted by Gasteiger charge is 2.52. The number of hydrogen-bond donors (Lipinski definition) is 0. The standard InChI is InChI=1S/C23H31N3O2S/c27-21-8-4-7-20-18-13-19(16-24(15-18)14-17-5-2-1-3-6-17)22(26(20)21)23(28)25-9-11-29-12-10-25/h1-3,5-6,18-20,22H,4,7-16H2/t18-,19+,20-,22+/m0/s1. The van der Waals surface area contributed by atoms with Gasteiger partial charge in [-0.05, 0) is 30.7 Å². The van der Waals surface area contributed by atoms with E-state index in [2.05, 4.69) is 40.1 Å². The Morgan fingerprint density at radius 1 is 1.07 bits per heavy atom. The Hall–Kier alpha value is -1.53. The molecule has 1 aromatic rings. The fraction of sp³-hybridized carbons (Fsp3) is 0.652. The molecule has 2 amide bonds. The highest BCUT2D eigenvalue weighted by molar-refractivity contribution is 7.99. The van der Waals surface area contributed by atoms with Crippen LogP contribution in [-0.4, -0.2) is 76.3 Å². The van der Waals surface area contributed by atoms with Crippen LogP contribution in [-0.2, 0) is 16.1 Å². The molecular weight excluding hydrogens is 382 g/mol. The summed E-state index contributed by atoms with van der Waals surface area (Å²) in [5.41, 5.74) is 1.33. The Balaban J connectivity index is 1.40. The SMILES string of the molecule is O=C([C@H]1[C@@H]2C[C@@H](CN(Cc3ccccc3)C2)[C@@H]2CCCC(=O)N21)N1CCSCC1. The van der Waals surface area contributed by atoms with E-state index in [1.54, 1.807) is 0 Å². The minimum absolute atomic E-state index is 0.218. The van der Waals surface area contributed by atoms with Crippen molar-refractivity contribution in [2.45, 2.75) is 44.3 Å². The number of amides is 2. The van der Waals surface area contributed by atoms with Crippen LogP contribution in [0.4, 0.5) is 0 Å². The normalized spacial score (nSPS) is 32.8. The van der Waals surface area contributed by atoms with Crippen LogP contribution in [0.1, 0.15) is 31.2 Å². The van der Waals surface area contributed by atoms with E-state index in [1.165, 1.54) is 5.56 Å². The molecule has 4 fully saturated rings.